The summed E-state index contributed by atoms with van der Waals surface area (Å²) in [6.07, 6.45) is 18.7. The average Bonchev–Trinajstić information content (AvgIpc) is 1.67. The van der Waals surface area contributed by atoms with Crippen molar-refractivity contribution in [1.29, 1.82) is 0 Å². The maximum Gasteiger partial charge on any atom is 0.317 e. The minimum atomic E-state index is -0.953. The standard InChI is InChI=1S/C70H127N9O16/c1-8-9-10-11-12-13-28-79(68(88)75-27-40-90-42-44-92-46-45-91-43-41-89-39-26-74-64(83)50-76-30-32-77(51-65(84)85)34-35-78(33-31-76)52-66(86)87)29-14-18-53(2)59-19-20-60-67-61(49-63(70(59,60)7)95-38-17-25-73-56(5)82)69(6)22-21-58(93-36-15-23-71-54(3)80)47-57(69)48-62(67)94-37-16-24-72-55(4)81/h53,57-63,67H,8-52H2,1-7H3,(H,71,80)(H,72,81)(H,73,82)(H,74,83)(H,75,88)(H,84,85)(H,86,87)/t53-,57?,58-,59-,60+,61+,62-,63+,67?,69+,70-/m1/s1. The number of carbonyl (C=O) groups excluding carboxylic acids is 5. The molecule has 5 aliphatic rings. The topological polar surface area (TPSA) is 298 Å². The van der Waals surface area contributed by atoms with Crippen LogP contribution in [0.2, 0.25) is 0 Å². The molecule has 0 aromatic heterocycles. The van der Waals surface area contributed by atoms with Crippen molar-refractivity contribution in [3.05, 3.63) is 0 Å². The molecule has 25 nitrogen and oxygen atoms in total. The van der Waals surface area contributed by atoms with E-state index >= 15 is 0 Å². The molecule has 0 bridgehead atoms. The van der Waals surface area contributed by atoms with Crippen LogP contribution in [0.1, 0.15) is 164 Å². The third-order valence-electron chi connectivity index (χ3n) is 21.2. The molecular formula is C70H127N9O16. The summed E-state index contributed by atoms with van der Waals surface area (Å²) in [6.45, 7) is 25.6. The van der Waals surface area contributed by atoms with E-state index in [9.17, 15) is 43.8 Å². The minimum Gasteiger partial charge on any atom is -0.480 e. The fourth-order valence-corrected chi connectivity index (χ4v) is 16.2. The quantitative estimate of drug-likeness (QED) is 0.0362. The van der Waals surface area contributed by atoms with Crippen molar-refractivity contribution in [1.82, 2.24) is 46.2 Å². The van der Waals surface area contributed by atoms with Crippen LogP contribution in [0.3, 0.4) is 0 Å². The number of nitrogens with one attached hydrogen (secondary N) is 5. The summed E-state index contributed by atoms with van der Waals surface area (Å²) < 4.78 is 43.7. The highest BCUT2D eigenvalue weighted by Gasteiger charge is 2.66. The number of urea groups is 1. The lowest BCUT2D eigenvalue weighted by Gasteiger charge is -2.65. The van der Waals surface area contributed by atoms with Gasteiger partial charge >= 0.3 is 18.0 Å². The number of hydrogen-bond donors (Lipinski definition) is 7. The van der Waals surface area contributed by atoms with E-state index in [2.05, 4.69) is 54.3 Å². The van der Waals surface area contributed by atoms with E-state index in [1.165, 1.54) is 25.7 Å². The van der Waals surface area contributed by atoms with Crippen LogP contribution >= 0.6 is 0 Å². The smallest absolute Gasteiger partial charge is 0.317 e. The fraction of sp³-hybridized carbons (Fsp3) is 0.900. The summed E-state index contributed by atoms with van der Waals surface area (Å²) >= 11 is 0. The van der Waals surface area contributed by atoms with Gasteiger partial charge in [0.1, 0.15) is 0 Å². The van der Waals surface area contributed by atoms with E-state index in [0.717, 1.165) is 89.9 Å². The van der Waals surface area contributed by atoms with Crippen LogP contribution in [-0.4, -0.2) is 267 Å². The summed E-state index contributed by atoms with van der Waals surface area (Å²) in [5, 5.41) is 33.5. The Bertz CT molecular complexity index is 2220. The van der Waals surface area contributed by atoms with Gasteiger partial charge < -0.3 is 74.9 Å². The van der Waals surface area contributed by atoms with Gasteiger partial charge in [-0.05, 0) is 124 Å². The van der Waals surface area contributed by atoms with Gasteiger partial charge in [-0.25, -0.2) is 4.79 Å². The van der Waals surface area contributed by atoms with E-state index < -0.39 is 11.9 Å². The Kier molecular flexibility index (Phi) is 38.9. The highest BCUT2D eigenvalue weighted by atomic mass is 16.6. The number of rotatable bonds is 48. The van der Waals surface area contributed by atoms with Crippen LogP contribution < -0.4 is 26.6 Å². The van der Waals surface area contributed by atoms with Crippen LogP contribution in [0.15, 0.2) is 0 Å². The number of aliphatic carboxylic acids is 2. The van der Waals surface area contributed by atoms with Crippen molar-refractivity contribution in [2.45, 2.75) is 182 Å². The van der Waals surface area contributed by atoms with Gasteiger partial charge in [0, 0.05) is 131 Å². The molecule has 5 rings (SSSR count). The summed E-state index contributed by atoms with van der Waals surface area (Å²) in [6, 6.07) is -0.0535. The number of carboxylic acids is 2. The van der Waals surface area contributed by atoms with Gasteiger partial charge in [0.25, 0.3) is 0 Å². The third kappa shape index (κ3) is 29.6. The second kappa shape index (κ2) is 45.4. The van der Waals surface area contributed by atoms with Gasteiger partial charge in [0.2, 0.25) is 23.6 Å². The number of carbonyl (C=O) groups is 7. The molecule has 4 saturated carbocycles. The molecule has 7 N–H and O–H groups in total. The number of fused-ring (bicyclic) bond motifs is 5. The first-order valence-corrected chi connectivity index (χ1v) is 36.5. The zero-order chi connectivity index (χ0) is 68.9. The van der Waals surface area contributed by atoms with Crippen molar-refractivity contribution < 1.29 is 76.9 Å². The van der Waals surface area contributed by atoms with Crippen molar-refractivity contribution in [3.8, 4) is 0 Å². The maximum absolute atomic E-state index is 13.9. The Balaban J connectivity index is 1.06. The van der Waals surface area contributed by atoms with E-state index in [4.69, 9.17) is 33.2 Å². The van der Waals surface area contributed by atoms with Gasteiger partial charge in [0.05, 0.1) is 90.8 Å². The summed E-state index contributed by atoms with van der Waals surface area (Å²) in [5.41, 5.74) is -0.00663. The second-order valence-corrected chi connectivity index (χ2v) is 28.1. The lowest BCUT2D eigenvalue weighted by atomic mass is 9.43. The lowest BCUT2D eigenvalue weighted by molar-refractivity contribution is -0.227. The number of unbranched alkanes of at least 4 members (excludes halogenated alkanes) is 5. The largest absolute Gasteiger partial charge is 0.480 e. The Morgan fingerprint density at radius 3 is 1.56 bits per heavy atom. The molecule has 548 valence electrons. The summed E-state index contributed by atoms with van der Waals surface area (Å²) in [7, 11) is 0. The first-order chi connectivity index (χ1) is 45.7. The predicted molar refractivity (Wildman–Crippen MR) is 363 cm³/mol. The van der Waals surface area contributed by atoms with E-state index in [1.807, 2.05) is 9.80 Å². The number of nitrogens with zero attached hydrogens (tertiary/aromatic N) is 4. The first-order valence-electron chi connectivity index (χ1n) is 36.5. The SMILES string of the molecule is CCCCCCCCN(CCC[C@@H](C)[C@H]1CC[C@H]2C3[C@H](OCCCNC(C)=O)CC4C[C@H](OCCCNC(C)=O)CC[C@]4(C)[C@H]3C[C@H](OCCCNC(C)=O)[C@]12C)C(=O)NCCOCCOCCOCCOCCNC(=O)CN1CCN(CC(=O)O)CCN(CC(=O)O)CC1. The van der Waals surface area contributed by atoms with Crippen molar-refractivity contribution in [2.75, 3.05) is 177 Å². The maximum atomic E-state index is 13.9. The molecule has 11 atom stereocenters. The molecule has 1 aliphatic heterocycles. The predicted octanol–water partition coefficient (Wildman–Crippen LogP) is 5.66. The molecule has 95 heavy (non-hydrogen) atoms. The molecule has 0 aromatic rings. The Morgan fingerprint density at radius 1 is 0.516 bits per heavy atom. The van der Waals surface area contributed by atoms with Crippen LogP contribution in [-0.2, 0) is 61.9 Å². The summed E-state index contributed by atoms with van der Waals surface area (Å²) in [4.78, 5) is 92.1. The lowest BCUT2D eigenvalue weighted by Crippen LogP contribution is -2.63. The zero-order valence-corrected chi connectivity index (χ0v) is 59.4. The molecule has 1 heterocycles. The number of carboxylic acid groups (broad SMARTS) is 2. The monoisotopic (exact) mass is 1350 g/mol. The summed E-state index contributed by atoms with van der Waals surface area (Å²) in [5.74, 6) is 0.243. The van der Waals surface area contributed by atoms with Crippen LogP contribution in [0.5, 0.6) is 0 Å². The Morgan fingerprint density at radius 2 is 1.01 bits per heavy atom. The molecule has 6 amide bonds. The Hall–Kier alpha value is -4.31. The van der Waals surface area contributed by atoms with Crippen LogP contribution in [0.4, 0.5) is 4.79 Å². The van der Waals surface area contributed by atoms with Gasteiger partial charge in [-0.2, -0.15) is 0 Å². The van der Waals surface area contributed by atoms with Gasteiger partial charge in [-0.1, -0.05) is 59.8 Å². The molecule has 2 unspecified atom stereocenters. The molecule has 0 aromatic carbocycles. The second-order valence-electron chi connectivity index (χ2n) is 28.1. The number of ether oxygens (including phenoxy) is 7. The highest BCUT2D eigenvalue weighted by molar-refractivity contribution is 5.78. The molecule has 4 aliphatic carbocycles. The number of hydrogen-bond acceptors (Lipinski definition) is 17. The first kappa shape index (κ1) is 81.4. The van der Waals surface area contributed by atoms with E-state index in [-0.39, 0.29) is 78.4 Å². The van der Waals surface area contributed by atoms with Crippen molar-refractivity contribution in [3.63, 3.8) is 0 Å². The minimum absolute atomic E-state index is 0.0207. The molecule has 5 fully saturated rings. The average molecular weight is 1350 g/mol. The zero-order valence-electron chi connectivity index (χ0n) is 59.4. The normalized spacial score (nSPS) is 26.0. The van der Waals surface area contributed by atoms with E-state index in [0.29, 0.717) is 193 Å². The Labute approximate surface area is 568 Å². The van der Waals surface area contributed by atoms with Gasteiger partial charge in [-0.15, -0.1) is 0 Å². The molecule has 25 heteroatoms. The van der Waals surface area contributed by atoms with Gasteiger partial charge in [-0.3, -0.25) is 43.5 Å². The highest BCUT2D eigenvalue weighted by Crippen LogP contribution is 2.69. The van der Waals surface area contributed by atoms with Crippen LogP contribution in [0.25, 0.3) is 0 Å². The van der Waals surface area contributed by atoms with Crippen LogP contribution in [0, 0.1) is 46.3 Å². The molecule has 0 spiro atoms. The van der Waals surface area contributed by atoms with Gasteiger partial charge in [0.15, 0.2) is 0 Å². The van der Waals surface area contributed by atoms with Crippen molar-refractivity contribution >= 4 is 41.6 Å². The third-order valence-corrected chi connectivity index (χ3v) is 21.2. The molecule has 0 radical (unpaired) electrons. The van der Waals surface area contributed by atoms with Crippen molar-refractivity contribution in [2.24, 2.45) is 46.3 Å². The molecule has 1 saturated heterocycles. The van der Waals surface area contributed by atoms with E-state index in [1.54, 1.807) is 30.6 Å². The number of amides is 6. The molecular weight excluding hydrogens is 1220 g/mol. The fourth-order valence-electron chi connectivity index (χ4n) is 16.2.